The average Bonchev–Trinajstić information content (AvgIpc) is 2.84. The summed E-state index contributed by atoms with van der Waals surface area (Å²) >= 11 is 0. The van der Waals surface area contributed by atoms with E-state index in [1.807, 2.05) is 31.2 Å². The maximum atomic E-state index is 5.77. The topological polar surface area (TPSA) is 39.7 Å². The Balaban J connectivity index is 1.76. The molecule has 1 aromatic carbocycles. The molecular formula is C15H23NO3. The zero-order valence-corrected chi connectivity index (χ0v) is 11.8. The smallest absolute Gasteiger partial charge is 0.161 e. The van der Waals surface area contributed by atoms with Crippen LogP contribution in [0.4, 0.5) is 0 Å². The molecule has 0 amide bonds. The van der Waals surface area contributed by atoms with E-state index in [0.717, 1.165) is 37.7 Å². The van der Waals surface area contributed by atoms with Crippen LogP contribution < -0.4 is 14.8 Å². The van der Waals surface area contributed by atoms with E-state index in [9.17, 15) is 0 Å². The van der Waals surface area contributed by atoms with Crippen molar-refractivity contribution in [3.63, 3.8) is 0 Å². The standard InChI is InChI=1S/C15H23NO3/c1-3-18-13-6-4-5-7-14(13)19-11-9-16-15(2)8-10-17-12-15/h4-7,16H,3,8-12H2,1-2H3. The fraction of sp³-hybridized carbons (Fsp3) is 0.600. The minimum atomic E-state index is 0.1000. The molecule has 1 heterocycles. The molecule has 0 spiro atoms. The number of rotatable bonds is 7. The van der Waals surface area contributed by atoms with Gasteiger partial charge in [0.05, 0.1) is 13.2 Å². The largest absolute Gasteiger partial charge is 0.490 e. The van der Waals surface area contributed by atoms with Crippen LogP contribution in [0, 0.1) is 0 Å². The van der Waals surface area contributed by atoms with E-state index >= 15 is 0 Å². The minimum Gasteiger partial charge on any atom is -0.490 e. The first-order chi connectivity index (χ1) is 9.23. The van der Waals surface area contributed by atoms with Gasteiger partial charge in [-0.15, -0.1) is 0 Å². The van der Waals surface area contributed by atoms with Crippen LogP contribution in [0.2, 0.25) is 0 Å². The monoisotopic (exact) mass is 265 g/mol. The van der Waals surface area contributed by atoms with Crippen molar-refractivity contribution in [3.8, 4) is 11.5 Å². The van der Waals surface area contributed by atoms with Gasteiger partial charge in [-0.1, -0.05) is 12.1 Å². The van der Waals surface area contributed by atoms with Gasteiger partial charge < -0.3 is 19.5 Å². The molecule has 1 unspecified atom stereocenters. The van der Waals surface area contributed by atoms with Crippen LogP contribution in [-0.2, 0) is 4.74 Å². The summed E-state index contributed by atoms with van der Waals surface area (Å²) in [6.45, 7) is 7.86. The molecule has 1 aromatic rings. The maximum absolute atomic E-state index is 5.77. The maximum Gasteiger partial charge on any atom is 0.161 e. The molecule has 4 nitrogen and oxygen atoms in total. The zero-order chi connectivity index (χ0) is 13.6. The van der Waals surface area contributed by atoms with Crippen molar-refractivity contribution in [2.75, 3.05) is 33.0 Å². The van der Waals surface area contributed by atoms with Crippen LogP contribution in [0.5, 0.6) is 11.5 Å². The second-order valence-electron chi connectivity index (χ2n) is 5.02. The Bertz CT molecular complexity index is 389. The van der Waals surface area contributed by atoms with Crippen molar-refractivity contribution < 1.29 is 14.2 Å². The summed E-state index contributed by atoms with van der Waals surface area (Å²) in [5.74, 6) is 1.61. The Hall–Kier alpha value is -1.26. The molecular weight excluding hydrogens is 242 g/mol. The van der Waals surface area contributed by atoms with Crippen LogP contribution in [0.15, 0.2) is 24.3 Å². The van der Waals surface area contributed by atoms with Gasteiger partial charge in [-0.05, 0) is 32.4 Å². The second kappa shape index (κ2) is 6.78. The lowest BCUT2D eigenvalue weighted by atomic mass is 10.0. The van der Waals surface area contributed by atoms with Gasteiger partial charge in [0.1, 0.15) is 6.61 Å². The summed E-state index contributed by atoms with van der Waals surface area (Å²) in [4.78, 5) is 0. The molecule has 19 heavy (non-hydrogen) atoms. The summed E-state index contributed by atoms with van der Waals surface area (Å²) in [7, 11) is 0. The van der Waals surface area contributed by atoms with Crippen molar-refractivity contribution in [3.05, 3.63) is 24.3 Å². The van der Waals surface area contributed by atoms with Crippen LogP contribution >= 0.6 is 0 Å². The van der Waals surface area contributed by atoms with Gasteiger partial charge in [0, 0.05) is 18.7 Å². The van der Waals surface area contributed by atoms with Gasteiger partial charge in [0.2, 0.25) is 0 Å². The lowest BCUT2D eigenvalue weighted by molar-refractivity contribution is 0.168. The zero-order valence-electron chi connectivity index (χ0n) is 11.8. The van der Waals surface area contributed by atoms with Crippen LogP contribution in [0.1, 0.15) is 20.3 Å². The molecule has 0 radical (unpaired) electrons. The molecule has 0 saturated carbocycles. The number of hydrogen-bond donors (Lipinski definition) is 1. The van der Waals surface area contributed by atoms with Gasteiger partial charge in [0.15, 0.2) is 11.5 Å². The molecule has 0 bridgehead atoms. The van der Waals surface area contributed by atoms with Crippen molar-refractivity contribution in [2.24, 2.45) is 0 Å². The second-order valence-corrected chi connectivity index (χ2v) is 5.02. The Morgan fingerprint density at radius 3 is 2.63 bits per heavy atom. The highest BCUT2D eigenvalue weighted by atomic mass is 16.5. The summed E-state index contributed by atoms with van der Waals surface area (Å²) in [5, 5.41) is 3.49. The van der Waals surface area contributed by atoms with Gasteiger partial charge in [-0.3, -0.25) is 0 Å². The highest BCUT2D eigenvalue weighted by Crippen LogP contribution is 2.26. The van der Waals surface area contributed by atoms with E-state index < -0.39 is 0 Å². The summed E-state index contributed by atoms with van der Waals surface area (Å²) < 4.78 is 16.7. The minimum absolute atomic E-state index is 0.1000. The van der Waals surface area contributed by atoms with Crippen molar-refractivity contribution in [1.82, 2.24) is 5.32 Å². The van der Waals surface area contributed by atoms with E-state index in [1.54, 1.807) is 0 Å². The third-order valence-electron chi connectivity index (χ3n) is 3.28. The highest BCUT2D eigenvalue weighted by molar-refractivity contribution is 5.39. The Morgan fingerprint density at radius 1 is 1.26 bits per heavy atom. The first kappa shape index (κ1) is 14.2. The van der Waals surface area contributed by atoms with Crippen LogP contribution in [-0.4, -0.2) is 38.5 Å². The Morgan fingerprint density at radius 2 is 2.00 bits per heavy atom. The average molecular weight is 265 g/mol. The van der Waals surface area contributed by atoms with E-state index in [-0.39, 0.29) is 5.54 Å². The summed E-state index contributed by atoms with van der Waals surface area (Å²) in [6.07, 6.45) is 1.06. The van der Waals surface area contributed by atoms with E-state index in [1.165, 1.54) is 0 Å². The molecule has 0 aliphatic carbocycles. The van der Waals surface area contributed by atoms with Crippen molar-refractivity contribution in [1.29, 1.82) is 0 Å². The quantitative estimate of drug-likeness (QED) is 0.767. The molecule has 0 aromatic heterocycles. The Kier molecular flexibility index (Phi) is 5.05. The lowest BCUT2D eigenvalue weighted by Gasteiger charge is -2.23. The summed E-state index contributed by atoms with van der Waals surface area (Å²) in [6, 6.07) is 7.77. The highest BCUT2D eigenvalue weighted by Gasteiger charge is 2.28. The third kappa shape index (κ3) is 4.11. The number of nitrogens with one attached hydrogen (secondary N) is 1. The third-order valence-corrected chi connectivity index (χ3v) is 3.28. The SMILES string of the molecule is CCOc1ccccc1OCCNC1(C)CCOC1. The van der Waals surface area contributed by atoms with Gasteiger partial charge in [-0.2, -0.15) is 0 Å². The van der Waals surface area contributed by atoms with E-state index in [2.05, 4.69) is 12.2 Å². The number of benzene rings is 1. The van der Waals surface area contributed by atoms with Crippen molar-refractivity contribution in [2.45, 2.75) is 25.8 Å². The van der Waals surface area contributed by atoms with E-state index in [4.69, 9.17) is 14.2 Å². The number of para-hydroxylation sites is 2. The number of hydrogen-bond acceptors (Lipinski definition) is 4. The first-order valence-electron chi connectivity index (χ1n) is 6.91. The fourth-order valence-corrected chi connectivity index (χ4v) is 2.16. The van der Waals surface area contributed by atoms with Crippen LogP contribution in [0.25, 0.3) is 0 Å². The molecule has 1 atom stereocenters. The molecule has 106 valence electrons. The molecule has 2 rings (SSSR count). The fourth-order valence-electron chi connectivity index (χ4n) is 2.16. The molecule has 1 aliphatic heterocycles. The van der Waals surface area contributed by atoms with Gasteiger partial charge in [0.25, 0.3) is 0 Å². The van der Waals surface area contributed by atoms with Gasteiger partial charge in [-0.25, -0.2) is 0 Å². The normalized spacial score (nSPS) is 22.4. The number of ether oxygens (including phenoxy) is 3. The first-order valence-corrected chi connectivity index (χ1v) is 6.91. The van der Waals surface area contributed by atoms with Crippen molar-refractivity contribution >= 4 is 0 Å². The van der Waals surface area contributed by atoms with Crippen LogP contribution in [0.3, 0.4) is 0 Å². The lowest BCUT2D eigenvalue weighted by Crippen LogP contribution is -2.44. The Labute approximate surface area is 115 Å². The molecule has 1 N–H and O–H groups in total. The predicted octanol–water partition coefficient (Wildman–Crippen LogP) is 2.23. The summed E-state index contributed by atoms with van der Waals surface area (Å²) in [5.41, 5.74) is 0.1000. The molecule has 1 aliphatic rings. The molecule has 4 heteroatoms. The molecule has 1 fully saturated rings. The van der Waals surface area contributed by atoms with Gasteiger partial charge >= 0.3 is 0 Å². The van der Waals surface area contributed by atoms with E-state index in [0.29, 0.717) is 13.2 Å². The molecule has 1 saturated heterocycles. The predicted molar refractivity (Wildman–Crippen MR) is 74.9 cm³/mol.